The van der Waals surface area contributed by atoms with E-state index in [-0.39, 0.29) is 24.9 Å². The molecule has 60 heavy (non-hydrogen) atoms. The van der Waals surface area contributed by atoms with Crippen molar-refractivity contribution in [1.82, 2.24) is 5.32 Å². The van der Waals surface area contributed by atoms with Crippen LogP contribution in [0, 0.1) is 0 Å². The summed E-state index contributed by atoms with van der Waals surface area (Å²) in [7, 11) is 0. The first-order valence-electron chi connectivity index (χ1n) is 25.5. The Bertz CT molecular complexity index is 1080. The summed E-state index contributed by atoms with van der Waals surface area (Å²) in [5.41, 5.74) is 0. The van der Waals surface area contributed by atoms with Crippen molar-refractivity contribution < 1.29 is 24.5 Å². The van der Waals surface area contributed by atoms with Gasteiger partial charge in [0.2, 0.25) is 5.91 Å². The van der Waals surface area contributed by atoms with E-state index in [1.54, 1.807) is 0 Å². The summed E-state index contributed by atoms with van der Waals surface area (Å²) < 4.78 is 5.89. The Morgan fingerprint density at radius 1 is 0.500 bits per heavy atom. The molecule has 0 saturated heterocycles. The predicted molar refractivity (Wildman–Crippen MR) is 259 cm³/mol. The van der Waals surface area contributed by atoms with Gasteiger partial charge >= 0.3 is 5.97 Å². The fourth-order valence-electron chi connectivity index (χ4n) is 7.43. The minimum Gasteiger partial charge on any atom is -0.462 e. The molecule has 0 spiro atoms. The lowest BCUT2D eigenvalue weighted by Crippen LogP contribution is -2.46. The second kappa shape index (κ2) is 47.6. The number of amides is 1. The van der Waals surface area contributed by atoms with Crippen LogP contribution in [0.25, 0.3) is 0 Å². The third kappa shape index (κ3) is 42.3. The van der Waals surface area contributed by atoms with Gasteiger partial charge in [0.25, 0.3) is 0 Å². The van der Waals surface area contributed by atoms with Crippen LogP contribution in [-0.4, -0.2) is 46.9 Å². The van der Waals surface area contributed by atoms with Crippen molar-refractivity contribution in [3.05, 3.63) is 60.8 Å². The van der Waals surface area contributed by atoms with Crippen molar-refractivity contribution in [3.8, 4) is 0 Å². The first-order valence-corrected chi connectivity index (χ1v) is 25.5. The normalized spacial score (nSPS) is 13.8. The maximum absolute atomic E-state index is 13.2. The first-order chi connectivity index (χ1) is 29.5. The molecule has 0 aromatic rings. The van der Waals surface area contributed by atoms with E-state index in [9.17, 15) is 19.8 Å². The quantitative estimate of drug-likeness (QED) is 0.0246. The van der Waals surface area contributed by atoms with Gasteiger partial charge in [-0.15, -0.1) is 0 Å². The monoisotopic (exact) mass is 840 g/mol. The molecule has 6 heteroatoms. The van der Waals surface area contributed by atoms with Crippen LogP contribution in [0.5, 0.6) is 0 Å². The number of rotatable bonds is 45. The van der Waals surface area contributed by atoms with E-state index in [0.717, 1.165) is 83.5 Å². The highest BCUT2D eigenvalue weighted by atomic mass is 16.5. The molecule has 0 radical (unpaired) electrons. The highest BCUT2D eigenvalue weighted by Gasteiger charge is 2.24. The van der Waals surface area contributed by atoms with Gasteiger partial charge < -0.3 is 20.3 Å². The number of hydrogen-bond acceptors (Lipinski definition) is 5. The SMILES string of the molecule is CCCCC/C=C\C/C=C\C/C=C\CCCCCCC(=O)OC(CCC/C=C/C=C/CCCCCCCCC)CC(=O)NC(CO)C(O)CCCCCCCCCCCC. The molecule has 0 fully saturated rings. The van der Waals surface area contributed by atoms with Crippen LogP contribution in [-0.2, 0) is 14.3 Å². The van der Waals surface area contributed by atoms with E-state index in [2.05, 4.69) is 86.8 Å². The molecule has 1 amide bonds. The largest absolute Gasteiger partial charge is 0.462 e. The Kier molecular flexibility index (Phi) is 45.7. The molecule has 3 unspecified atom stereocenters. The van der Waals surface area contributed by atoms with Gasteiger partial charge in [-0.05, 0) is 83.5 Å². The summed E-state index contributed by atoms with van der Waals surface area (Å²) in [5.74, 6) is -0.546. The summed E-state index contributed by atoms with van der Waals surface area (Å²) in [5, 5.41) is 23.7. The van der Waals surface area contributed by atoms with Gasteiger partial charge in [0.05, 0.1) is 25.2 Å². The van der Waals surface area contributed by atoms with Gasteiger partial charge in [-0.25, -0.2) is 0 Å². The van der Waals surface area contributed by atoms with E-state index in [1.807, 2.05) is 0 Å². The molecular weight excluding hydrogens is 743 g/mol. The van der Waals surface area contributed by atoms with Crippen LogP contribution in [0.1, 0.15) is 245 Å². The first kappa shape index (κ1) is 57.6. The highest BCUT2D eigenvalue weighted by molar-refractivity contribution is 5.77. The zero-order chi connectivity index (χ0) is 43.8. The number of aliphatic hydroxyl groups excluding tert-OH is 2. The molecule has 0 saturated carbocycles. The Balaban J connectivity index is 4.69. The number of nitrogens with one attached hydrogen (secondary N) is 1. The van der Waals surface area contributed by atoms with Crippen molar-refractivity contribution in [2.75, 3.05) is 6.61 Å². The second-order valence-corrected chi connectivity index (χ2v) is 17.2. The number of carbonyl (C=O) groups is 2. The molecule has 0 aliphatic carbocycles. The summed E-state index contributed by atoms with van der Waals surface area (Å²) in [6.07, 6.45) is 58.5. The predicted octanol–water partition coefficient (Wildman–Crippen LogP) is 15.2. The fraction of sp³-hybridized carbons (Fsp3) is 0.778. The number of allylic oxidation sites excluding steroid dienone is 10. The van der Waals surface area contributed by atoms with Gasteiger partial charge in [-0.1, -0.05) is 210 Å². The number of aliphatic hydroxyl groups is 2. The molecule has 0 aliphatic heterocycles. The van der Waals surface area contributed by atoms with E-state index in [4.69, 9.17) is 4.74 Å². The Morgan fingerprint density at radius 2 is 0.917 bits per heavy atom. The third-order valence-corrected chi connectivity index (χ3v) is 11.3. The zero-order valence-corrected chi connectivity index (χ0v) is 39.6. The van der Waals surface area contributed by atoms with Crippen molar-refractivity contribution in [3.63, 3.8) is 0 Å². The molecule has 0 aromatic carbocycles. The average molecular weight is 840 g/mol. The van der Waals surface area contributed by atoms with Gasteiger partial charge in [0, 0.05) is 6.42 Å². The Morgan fingerprint density at radius 3 is 1.45 bits per heavy atom. The molecule has 6 nitrogen and oxygen atoms in total. The van der Waals surface area contributed by atoms with Crippen molar-refractivity contribution >= 4 is 11.9 Å². The highest BCUT2D eigenvalue weighted by Crippen LogP contribution is 2.16. The van der Waals surface area contributed by atoms with Crippen molar-refractivity contribution in [2.24, 2.45) is 0 Å². The van der Waals surface area contributed by atoms with Crippen molar-refractivity contribution in [2.45, 2.75) is 264 Å². The molecule has 0 bridgehead atoms. The van der Waals surface area contributed by atoms with Crippen LogP contribution in [0.2, 0.25) is 0 Å². The number of unbranched alkanes of at least 4 members (excludes halogenated alkanes) is 24. The van der Waals surface area contributed by atoms with Crippen LogP contribution in [0.4, 0.5) is 0 Å². The minimum atomic E-state index is -0.803. The van der Waals surface area contributed by atoms with E-state index < -0.39 is 18.2 Å². The van der Waals surface area contributed by atoms with Gasteiger partial charge in [0.15, 0.2) is 0 Å². The number of hydrogen-bond donors (Lipinski definition) is 3. The van der Waals surface area contributed by atoms with Crippen molar-refractivity contribution in [1.29, 1.82) is 0 Å². The van der Waals surface area contributed by atoms with Crippen LogP contribution >= 0.6 is 0 Å². The third-order valence-electron chi connectivity index (χ3n) is 11.3. The molecule has 0 aliphatic rings. The summed E-state index contributed by atoms with van der Waals surface area (Å²) in [6, 6.07) is -0.721. The van der Waals surface area contributed by atoms with Gasteiger partial charge in [-0.2, -0.15) is 0 Å². The maximum atomic E-state index is 13.2. The molecule has 0 aromatic heterocycles. The maximum Gasteiger partial charge on any atom is 0.306 e. The van der Waals surface area contributed by atoms with E-state index in [1.165, 1.54) is 116 Å². The summed E-state index contributed by atoms with van der Waals surface area (Å²) >= 11 is 0. The lowest BCUT2D eigenvalue weighted by atomic mass is 10.0. The smallest absolute Gasteiger partial charge is 0.306 e. The zero-order valence-electron chi connectivity index (χ0n) is 39.6. The Labute approximate surface area is 371 Å². The van der Waals surface area contributed by atoms with Gasteiger partial charge in [-0.3, -0.25) is 9.59 Å². The molecule has 0 rings (SSSR count). The molecule has 348 valence electrons. The average Bonchev–Trinajstić information content (AvgIpc) is 3.24. The lowest BCUT2D eigenvalue weighted by molar-refractivity contribution is -0.151. The van der Waals surface area contributed by atoms with E-state index >= 15 is 0 Å². The standard InChI is InChI=1S/C54H97NO5/c1-4-7-10-13-16-19-22-24-26-27-28-30-32-35-38-41-44-47-54(59)60-50(45-42-39-36-33-31-29-25-23-20-17-14-11-8-5-2)48-53(58)55-51(49-56)52(57)46-43-40-37-34-21-18-15-12-9-6-3/h16,19,24,26,28-31,33,36,50-52,56-57H,4-15,17-18,20-23,25,27,32,34-35,37-49H2,1-3H3,(H,55,58)/b19-16-,26-24-,30-28-,31-29+,36-33+. The van der Waals surface area contributed by atoms with Crippen LogP contribution in [0.3, 0.4) is 0 Å². The van der Waals surface area contributed by atoms with Crippen LogP contribution < -0.4 is 5.32 Å². The molecule has 0 heterocycles. The Hall–Kier alpha value is -2.44. The lowest BCUT2D eigenvalue weighted by Gasteiger charge is -2.24. The molecular formula is C54H97NO5. The topological polar surface area (TPSA) is 95.9 Å². The number of esters is 1. The minimum absolute atomic E-state index is 0.0343. The second-order valence-electron chi connectivity index (χ2n) is 17.2. The summed E-state index contributed by atoms with van der Waals surface area (Å²) in [6.45, 7) is 6.42. The molecule has 3 N–H and O–H groups in total. The summed E-state index contributed by atoms with van der Waals surface area (Å²) in [4.78, 5) is 26.1. The van der Waals surface area contributed by atoms with Gasteiger partial charge in [0.1, 0.15) is 6.10 Å². The fourth-order valence-corrected chi connectivity index (χ4v) is 7.43. The van der Waals surface area contributed by atoms with E-state index in [0.29, 0.717) is 19.3 Å². The van der Waals surface area contributed by atoms with Crippen LogP contribution in [0.15, 0.2) is 60.8 Å². The number of carbonyl (C=O) groups excluding carboxylic acids is 2. The molecule has 3 atom stereocenters. The number of ether oxygens (including phenoxy) is 1.